The highest BCUT2D eigenvalue weighted by Crippen LogP contribution is 2.15. The van der Waals surface area contributed by atoms with E-state index in [0.29, 0.717) is 12.5 Å². The van der Waals surface area contributed by atoms with E-state index in [2.05, 4.69) is 48.4 Å². The summed E-state index contributed by atoms with van der Waals surface area (Å²) in [6, 6.07) is 14.3. The first kappa shape index (κ1) is 15.4. The van der Waals surface area contributed by atoms with Crippen LogP contribution in [0.15, 0.2) is 48.7 Å². The van der Waals surface area contributed by atoms with Gasteiger partial charge in [0.05, 0.1) is 6.61 Å². The lowest BCUT2D eigenvalue weighted by atomic mass is 10.0. The molecule has 21 heavy (non-hydrogen) atoms. The average Bonchev–Trinajstić information content (AvgIpc) is 2.49. The van der Waals surface area contributed by atoms with Crippen molar-refractivity contribution >= 4 is 5.82 Å². The zero-order valence-corrected chi connectivity index (χ0v) is 12.9. The number of hydrogen-bond acceptors (Lipinski definition) is 3. The molecule has 1 aromatic heterocycles. The number of rotatable bonds is 8. The Bertz CT molecular complexity index is 509. The normalized spacial score (nSPS) is 10.6. The van der Waals surface area contributed by atoms with Crippen molar-refractivity contribution in [1.82, 2.24) is 4.98 Å². The summed E-state index contributed by atoms with van der Waals surface area (Å²) >= 11 is 0. The highest BCUT2D eigenvalue weighted by atomic mass is 16.5. The summed E-state index contributed by atoms with van der Waals surface area (Å²) in [5.74, 6) is 2.55. The maximum atomic E-state index is 5.74. The maximum Gasteiger partial charge on any atom is 0.125 e. The lowest BCUT2D eigenvalue weighted by molar-refractivity contribution is 0.315. The topological polar surface area (TPSA) is 34.1 Å². The molecule has 1 heterocycles. The zero-order chi connectivity index (χ0) is 14.9. The Morgan fingerprint density at radius 1 is 1.10 bits per heavy atom. The largest absolute Gasteiger partial charge is 0.494 e. The Kier molecular flexibility index (Phi) is 6.07. The van der Waals surface area contributed by atoms with Crippen LogP contribution in [-0.2, 0) is 6.42 Å². The van der Waals surface area contributed by atoms with Gasteiger partial charge in [-0.1, -0.05) is 32.0 Å². The second-order valence-corrected chi connectivity index (χ2v) is 5.59. The molecule has 1 N–H and O–H groups in total. The molecule has 0 fully saturated rings. The first-order valence-corrected chi connectivity index (χ1v) is 7.60. The van der Waals surface area contributed by atoms with Crippen LogP contribution >= 0.6 is 0 Å². The van der Waals surface area contributed by atoms with Crippen molar-refractivity contribution in [2.24, 2.45) is 5.92 Å². The van der Waals surface area contributed by atoms with Gasteiger partial charge in [0.2, 0.25) is 0 Å². The van der Waals surface area contributed by atoms with Crippen molar-refractivity contribution in [3.63, 3.8) is 0 Å². The van der Waals surface area contributed by atoms with Gasteiger partial charge in [0, 0.05) is 12.7 Å². The minimum absolute atomic E-state index is 0.689. The zero-order valence-electron chi connectivity index (χ0n) is 12.9. The van der Waals surface area contributed by atoms with Gasteiger partial charge < -0.3 is 10.1 Å². The van der Waals surface area contributed by atoms with Gasteiger partial charge >= 0.3 is 0 Å². The highest BCUT2D eigenvalue weighted by molar-refractivity contribution is 5.32. The van der Waals surface area contributed by atoms with Crippen LogP contribution in [0.3, 0.4) is 0 Å². The van der Waals surface area contributed by atoms with Crippen LogP contribution in [0.2, 0.25) is 0 Å². The van der Waals surface area contributed by atoms with Crippen molar-refractivity contribution in [3.8, 4) is 5.75 Å². The van der Waals surface area contributed by atoms with E-state index in [1.165, 1.54) is 5.56 Å². The van der Waals surface area contributed by atoms with Crippen molar-refractivity contribution in [3.05, 3.63) is 54.2 Å². The molecule has 0 saturated heterocycles. The van der Waals surface area contributed by atoms with Crippen molar-refractivity contribution < 1.29 is 4.74 Å². The summed E-state index contributed by atoms with van der Waals surface area (Å²) < 4.78 is 5.74. The van der Waals surface area contributed by atoms with Gasteiger partial charge in [-0.15, -0.1) is 0 Å². The van der Waals surface area contributed by atoms with Crippen molar-refractivity contribution in [2.45, 2.75) is 26.7 Å². The molecule has 0 saturated carbocycles. The van der Waals surface area contributed by atoms with E-state index in [-0.39, 0.29) is 0 Å². The van der Waals surface area contributed by atoms with E-state index in [4.69, 9.17) is 4.74 Å². The van der Waals surface area contributed by atoms with E-state index in [1.807, 2.05) is 18.2 Å². The SMILES string of the molecule is CC(C)Cc1ccc(OCCCNc2ccccn2)cc1. The minimum Gasteiger partial charge on any atom is -0.494 e. The van der Waals surface area contributed by atoms with Crippen LogP contribution in [0.25, 0.3) is 0 Å². The molecule has 0 radical (unpaired) electrons. The summed E-state index contributed by atoms with van der Waals surface area (Å²) in [6.45, 7) is 6.05. The lowest BCUT2D eigenvalue weighted by Crippen LogP contribution is -2.08. The predicted octanol–water partition coefficient (Wildman–Crippen LogP) is 4.16. The van der Waals surface area contributed by atoms with E-state index < -0.39 is 0 Å². The van der Waals surface area contributed by atoms with E-state index >= 15 is 0 Å². The van der Waals surface area contributed by atoms with Crippen LogP contribution in [-0.4, -0.2) is 18.1 Å². The predicted molar refractivity (Wildman–Crippen MR) is 87.8 cm³/mol. The number of ether oxygens (including phenoxy) is 1. The molecule has 0 aliphatic heterocycles. The molecular weight excluding hydrogens is 260 g/mol. The van der Waals surface area contributed by atoms with Gasteiger partial charge in [0.15, 0.2) is 0 Å². The maximum absolute atomic E-state index is 5.74. The molecule has 0 bridgehead atoms. The van der Waals surface area contributed by atoms with Crippen molar-refractivity contribution in [2.75, 3.05) is 18.5 Å². The fourth-order valence-electron chi connectivity index (χ4n) is 2.14. The smallest absolute Gasteiger partial charge is 0.125 e. The Balaban J connectivity index is 1.64. The molecule has 2 aromatic rings. The van der Waals surface area contributed by atoms with Gasteiger partial charge in [0.25, 0.3) is 0 Å². The molecule has 3 heteroatoms. The van der Waals surface area contributed by atoms with Crippen LogP contribution in [0.4, 0.5) is 5.82 Å². The Morgan fingerprint density at radius 2 is 1.90 bits per heavy atom. The second kappa shape index (κ2) is 8.30. The monoisotopic (exact) mass is 284 g/mol. The number of anilines is 1. The third-order valence-corrected chi connectivity index (χ3v) is 3.13. The summed E-state index contributed by atoms with van der Waals surface area (Å²) in [7, 11) is 0. The molecule has 2 rings (SSSR count). The first-order valence-electron chi connectivity index (χ1n) is 7.60. The highest BCUT2D eigenvalue weighted by Gasteiger charge is 1.99. The van der Waals surface area contributed by atoms with Crippen LogP contribution in [0.5, 0.6) is 5.75 Å². The molecular formula is C18H24N2O. The number of nitrogens with zero attached hydrogens (tertiary/aromatic N) is 1. The Morgan fingerprint density at radius 3 is 2.57 bits per heavy atom. The van der Waals surface area contributed by atoms with E-state index in [0.717, 1.165) is 31.0 Å². The molecule has 0 spiro atoms. The van der Waals surface area contributed by atoms with Gasteiger partial charge in [-0.3, -0.25) is 0 Å². The Hall–Kier alpha value is -2.03. The summed E-state index contributed by atoms with van der Waals surface area (Å²) in [6.07, 6.45) is 3.86. The van der Waals surface area contributed by atoms with Crippen LogP contribution in [0.1, 0.15) is 25.8 Å². The molecule has 1 aromatic carbocycles. The fraction of sp³-hybridized carbons (Fsp3) is 0.389. The minimum atomic E-state index is 0.689. The number of hydrogen-bond donors (Lipinski definition) is 1. The van der Waals surface area contributed by atoms with Gasteiger partial charge in [-0.25, -0.2) is 4.98 Å². The fourth-order valence-corrected chi connectivity index (χ4v) is 2.14. The van der Waals surface area contributed by atoms with Gasteiger partial charge in [-0.05, 0) is 48.6 Å². The molecule has 0 aliphatic carbocycles. The van der Waals surface area contributed by atoms with Crippen molar-refractivity contribution in [1.29, 1.82) is 0 Å². The molecule has 0 amide bonds. The van der Waals surface area contributed by atoms with Gasteiger partial charge in [0.1, 0.15) is 11.6 Å². The number of benzene rings is 1. The number of aromatic nitrogens is 1. The first-order chi connectivity index (χ1) is 10.2. The summed E-state index contributed by atoms with van der Waals surface area (Å²) in [5, 5.41) is 3.27. The second-order valence-electron chi connectivity index (χ2n) is 5.59. The van der Waals surface area contributed by atoms with Gasteiger partial charge in [-0.2, -0.15) is 0 Å². The third kappa shape index (κ3) is 5.86. The van der Waals surface area contributed by atoms with Crippen LogP contribution in [0, 0.1) is 5.92 Å². The number of pyridine rings is 1. The third-order valence-electron chi connectivity index (χ3n) is 3.13. The molecule has 112 valence electrons. The van der Waals surface area contributed by atoms with Crippen LogP contribution < -0.4 is 10.1 Å². The standard InChI is InChI=1S/C18H24N2O/c1-15(2)14-16-7-9-17(10-8-16)21-13-5-12-20-18-6-3-4-11-19-18/h3-4,6-11,15H,5,12-14H2,1-2H3,(H,19,20). The van der Waals surface area contributed by atoms with E-state index in [1.54, 1.807) is 6.20 Å². The number of nitrogens with one attached hydrogen (secondary N) is 1. The summed E-state index contributed by atoms with van der Waals surface area (Å²) in [4.78, 5) is 4.22. The molecule has 0 atom stereocenters. The quantitative estimate of drug-likeness (QED) is 0.739. The van der Waals surface area contributed by atoms with E-state index in [9.17, 15) is 0 Å². The molecule has 3 nitrogen and oxygen atoms in total. The lowest BCUT2D eigenvalue weighted by Gasteiger charge is -2.09. The average molecular weight is 284 g/mol. The molecule has 0 aliphatic rings. The Labute approximate surface area is 127 Å². The molecule has 0 unspecified atom stereocenters. The summed E-state index contributed by atoms with van der Waals surface area (Å²) in [5.41, 5.74) is 1.37.